The molecule has 0 aliphatic carbocycles. The van der Waals surface area contributed by atoms with Gasteiger partial charge in [0.25, 0.3) is 0 Å². The minimum atomic E-state index is -0.435. The van der Waals surface area contributed by atoms with Crippen LogP contribution >= 0.6 is 0 Å². The molecule has 2 rings (SSSR count). The molecule has 1 unspecified atom stereocenters. The van der Waals surface area contributed by atoms with E-state index in [2.05, 4.69) is 0 Å². The van der Waals surface area contributed by atoms with Crippen molar-refractivity contribution < 1.29 is 13.7 Å². The van der Waals surface area contributed by atoms with Crippen LogP contribution in [0.1, 0.15) is 47.1 Å². The standard InChI is InChI=1S/C14H21BFNO2.C2H6/c1-13(2)14(3,4)19-15(18-13)12(17)9-10-5-7-11(16)8-6-10;1-2/h5-8,12H,9,17H2,1-4H3;1-2H3. The van der Waals surface area contributed by atoms with Gasteiger partial charge in [0.05, 0.1) is 11.2 Å². The Morgan fingerprint density at radius 2 is 1.48 bits per heavy atom. The van der Waals surface area contributed by atoms with E-state index in [1.807, 2.05) is 41.5 Å². The van der Waals surface area contributed by atoms with Crippen molar-refractivity contribution in [3.8, 4) is 0 Å². The van der Waals surface area contributed by atoms with E-state index in [0.717, 1.165) is 5.56 Å². The summed E-state index contributed by atoms with van der Waals surface area (Å²) in [5, 5.41) is 0. The van der Waals surface area contributed by atoms with Gasteiger partial charge >= 0.3 is 7.12 Å². The van der Waals surface area contributed by atoms with Crippen molar-refractivity contribution in [3.05, 3.63) is 35.6 Å². The first-order valence-corrected chi connectivity index (χ1v) is 7.57. The Morgan fingerprint density at radius 1 is 1.05 bits per heavy atom. The van der Waals surface area contributed by atoms with Crippen molar-refractivity contribution >= 4 is 7.12 Å². The van der Waals surface area contributed by atoms with Gasteiger partial charge in [0, 0.05) is 5.94 Å². The maximum absolute atomic E-state index is 12.8. The first kappa shape index (κ1) is 18.1. The number of nitrogens with two attached hydrogens (primary N) is 1. The minimum Gasteiger partial charge on any atom is -0.402 e. The molecule has 0 saturated carbocycles. The molecule has 0 bridgehead atoms. The van der Waals surface area contributed by atoms with Gasteiger partial charge in [-0.1, -0.05) is 26.0 Å². The molecular formula is C16H27BFNO2. The third-order valence-corrected chi connectivity index (χ3v) is 4.01. The molecule has 5 heteroatoms. The smallest absolute Gasteiger partial charge is 0.402 e. The molecule has 0 radical (unpaired) electrons. The van der Waals surface area contributed by atoms with Crippen LogP contribution in [0, 0.1) is 5.82 Å². The molecule has 0 aromatic heterocycles. The summed E-state index contributed by atoms with van der Waals surface area (Å²) < 4.78 is 24.6. The van der Waals surface area contributed by atoms with Gasteiger partial charge in [0.1, 0.15) is 5.82 Å². The van der Waals surface area contributed by atoms with E-state index in [0.29, 0.717) is 6.42 Å². The fraction of sp³-hybridized carbons (Fsp3) is 0.625. The molecule has 118 valence electrons. The second kappa shape index (κ2) is 6.90. The molecule has 1 aliphatic rings. The van der Waals surface area contributed by atoms with Gasteiger partial charge < -0.3 is 15.0 Å². The summed E-state index contributed by atoms with van der Waals surface area (Å²) in [7, 11) is -0.435. The predicted octanol–water partition coefficient (Wildman–Crippen LogP) is 3.35. The predicted molar refractivity (Wildman–Crippen MR) is 85.5 cm³/mol. The number of hydrogen-bond acceptors (Lipinski definition) is 3. The van der Waals surface area contributed by atoms with Crippen LogP contribution in [0.2, 0.25) is 0 Å². The van der Waals surface area contributed by atoms with Gasteiger partial charge in [-0.15, -0.1) is 0 Å². The zero-order valence-corrected chi connectivity index (χ0v) is 13.9. The fourth-order valence-corrected chi connectivity index (χ4v) is 2.05. The fourth-order valence-electron chi connectivity index (χ4n) is 2.05. The maximum Gasteiger partial charge on any atom is 0.476 e. The van der Waals surface area contributed by atoms with Crippen LogP contribution in [0.25, 0.3) is 0 Å². The quantitative estimate of drug-likeness (QED) is 0.870. The van der Waals surface area contributed by atoms with Crippen LogP contribution in [-0.4, -0.2) is 24.3 Å². The Kier molecular flexibility index (Phi) is 5.96. The van der Waals surface area contributed by atoms with Crippen molar-refractivity contribution in [1.82, 2.24) is 0 Å². The second-order valence-electron chi connectivity index (χ2n) is 6.12. The van der Waals surface area contributed by atoms with E-state index in [9.17, 15) is 4.39 Å². The van der Waals surface area contributed by atoms with Crippen LogP contribution in [0.5, 0.6) is 0 Å². The van der Waals surface area contributed by atoms with Crippen molar-refractivity contribution in [1.29, 1.82) is 0 Å². The third kappa shape index (κ3) is 4.28. The van der Waals surface area contributed by atoms with Gasteiger partial charge in [-0.05, 0) is 51.8 Å². The SMILES string of the molecule is CC.CC1(C)OB(C(N)Cc2ccc(F)cc2)OC1(C)C. The Labute approximate surface area is 128 Å². The lowest BCUT2D eigenvalue weighted by atomic mass is 9.75. The molecule has 1 aliphatic heterocycles. The lowest BCUT2D eigenvalue weighted by Gasteiger charge is -2.32. The van der Waals surface area contributed by atoms with Crippen LogP contribution < -0.4 is 5.73 Å². The van der Waals surface area contributed by atoms with Gasteiger partial charge in [-0.3, -0.25) is 0 Å². The molecule has 1 aromatic rings. The van der Waals surface area contributed by atoms with E-state index in [1.165, 1.54) is 12.1 Å². The normalized spacial score (nSPS) is 20.7. The lowest BCUT2D eigenvalue weighted by Crippen LogP contribution is -2.43. The minimum absolute atomic E-state index is 0.243. The highest BCUT2D eigenvalue weighted by atomic mass is 19.1. The third-order valence-electron chi connectivity index (χ3n) is 4.01. The van der Waals surface area contributed by atoms with Gasteiger partial charge in [-0.2, -0.15) is 0 Å². The van der Waals surface area contributed by atoms with Crippen LogP contribution in [-0.2, 0) is 15.7 Å². The Balaban J connectivity index is 0.00000106. The molecule has 21 heavy (non-hydrogen) atoms. The molecule has 3 nitrogen and oxygen atoms in total. The molecule has 1 heterocycles. The molecule has 1 saturated heterocycles. The highest BCUT2D eigenvalue weighted by molar-refractivity contribution is 6.47. The molecule has 1 aromatic carbocycles. The average Bonchev–Trinajstić information content (AvgIpc) is 2.64. The van der Waals surface area contributed by atoms with Crippen LogP contribution in [0.3, 0.4) is 0 Å². The second-order valence-corrected chi connectivity index (χ2v) is 6.12. The van der Waals surface area contributed by atoms with Crippen molar-refractivity contribution in [2.45, 2.75) is 65.1 Å². The summed E-state index contributed by atoms with van der Waals surface area (Å²) in [5.74, 6) is -0.514. The number of hydrogen-bond donors (Lipinski definition) is 1. The number of benzene rings is 1. The maximum atomic E-state index is 12.8. The summed E-state index contributed by atoms with van der Waals surface area (Å²) in [6.07, 6.45) is 0.594. The Bertz CT molecular complexity index is 432. The summed E-state index contributed by atoms with van der Waals surface area (Å²) in [4.78, 5) is 0. The van der Waals surface area contributed by atoms with Crippen molar-refractivity contribution in [3.63, 3.8) is 0 Å². The monoisotopic (exact) mass is 295 g/mol. The average molecular weight is 295 g/mol. The Morgan fingerprint density at radius 3 is 1.90 bits per heavy atom. The number of rotatable bonds is 3. The van der Waals surface area contributed by atoms with Crippen molar-refractivity contribution in [2.75, 3.05) is 0 Å². The highest BCUT2D eigenvalue weighted by Gasteiger charge is 2.52. The molecular weight excluding hydrogens is 268 g/mol. The first-order valence-electron chi connectivity index (χ1n) is 7.57. The van der Waals surface area contributed by atoms with E-state index >= 15 is 0 Å². The highest BCUT2D eigenvalue weighted by Crippen LogP contribution is 2.37. The first-order chi connectivity index (χ1) is 9.71. The molecule has 0 amide bonds. The molecule has 1 atom stereocenters. The van der Waals surface area contributed by atoms with Crippen LogP contribution in [0.4, 0.5) is 4.39 Å². The molecule has 1 fully saturated rings. The Hall–Kier alpha value is -0.905. The van der Waals surface area contributed by atoms with Crippen LogP contribution in [0.15, 0.2) is 24.3 Å². The molecule has 2 N–H and O–H groups in total. The summed E-state index contributed by atoms with van der Waals surface area (Å²) in [6.45, 7) is 12.0. The van der Waals surface area contributed by atoms with Crippen molar-refractivity contribution in [2.24, 2.45) is 5.73 Å². The largest absolute Gasteiger partial charge is 0.476 e. The summed E-state index contributed by atoms with van der Waals surface area (Å²) >= 11 is 0. The van der Waals surface area contributed by atoms with E-state index in [1.54, 1.807) is 12.1 Å². The number of halogens is 1. The van der Waals surface area contributed by atoms with E-state index < -0.39 is 7.12 Å². The van der Waals surface area contributed by atoms with E-state index in [-0.39, 0.29) is 23.0 Å². The van der Waals surface area contributed by atoms with Gasteiger partial charge in [-0.25, -0.2) is 4.39 Å². The summed E-state index contributed by atoms with van der Waals surface area (Å²) in [6, 6.07) is 6.35. The topological polar surface area (TPSA) is 44.5 Å². The zero-order chi connectivity index (χ0) is 16.3. The lowest BCUT2D eigenvalue weighted by molar-refractivity contribution is 0.00578. The molecule has 0 spiro atoms. The van der Waals surface area contributed by atoms with Gasteiger partial charge in [0.15, 0.2) is 0 Å². The van der Waals surface area contributed by atoms with E-state index in [4.69, 9.17) is 15.0 Å². The van der Waals surface area contributed by atoms with Gasteiger partial charge in [0.2, 0.25) is 0 Å². The zero-order valence-electron chi connectivity index (χ0n) is 13.9. The summed E-state index contributed by atoms with van der Waals surface area (Å²) in [5.41, 5.74) is 6.37.